The molecule has 23 heavy (non-hydrogen) atoms. The minimum atomic E-state index is -0.862. The third kappa shape index (κ3) is 2.48. The Balaban J connectivity index is 2.08. The number of rotatable bonds is 3. The van der Waals surface area contributed by atoms with E-state index >= 15 is 0 Å². The van der Waals surface area contributed by atoms with E-state index in [1.807, 2.05) is 0 Å². The Morgan fingerprint density at radius 1 is 1.26 bits per heavy atom. The molecule has 2 aromatic heterocycles. The molecule has 0 amide bonds. The first-order chi connectivity index (χ1) is 11.0. The first-order valence-corrected chi connectivity index (χ1v) is 6.20. The molecule has 10 heteroatoms. The van der Waals surface area contributed by atoms with E-state index in [0.717, 1.165) is 12.1 Å². The zero-order valence-corrected chi connectivity index (χ0v) is 11.3. The lowest BCUT2D eigenvalue weighted by Gasteiger charge is -2.01. The minimum absolute atomic E-state index is 0.0224. The van der Waals surface area contributed by atoms with Crippen molar-refractivity contribution in [3.05, 3.63) is 51.9 Å². The van der Waals surface area contributed by atoms with Gasteiger partial charge in [-0.25, -0.2) is 0 Å². The van der Waals surface area contributed by atoms with Crippen LogP contribution < -0.4 is 4.73 Å². The molecule has 0 atom stereocenters. The van der Waals surface area contributed by atoms with E-state index < -0.39 is 22.1 Å². The molecule has 0 bridgehead atoms. The summed E-state index contributed by atoms with van der Waals surface area (Å²) in [6, 6.07) is 6.62. The van der Waals surface area contributed by atoms with Gasteiger partial charge in [-0.3, -0.25) is 10.1 Å². The summed E-state index contributed by atoms with van der Waals surface area (Å²) < 4.78 is 5.49. The largest absolute Gasteiger partial charge is 0.618 e. The van der Waals surface area contributed by atoms with Crippen LogP contribution in [0.2, 0.25) is 0 Å². The molecule has 0 saturated carbocycles. The molecule has 0 aliphatic carbocycles. The second kappa shape index (κ2) is 5.26. The van der Waals surface area contributed by atoms with Crippen LogP contribution in [0.15, 0.2) is 41.1 Å². The summed E-state index contributed by atoms with van der Waals surface area (Å²) in [7, 11) is 0. The molecular formula is C13H8N4O6. The van der Waals surface area contributed by atoms with Crippen molar-refractivity contribution in [3.63, 3.8) is 0 Å². The Kier molecular flexibility index (Phi) is 3.26. The Morgan fingerprint density at radius 3 is 2.74 bits per heavy atom. The topological polar surface area (TPSA) is 149 Å². The fourth-order valence-corrected chi connectivity index (χ4v) is 1.91. The summed E-state index contributed by atoms with van der Waals surface area (Å²) in [5, 5.41) is 45.1. The Labute approximate surface area is 127 Å². The average Bonchev–Trinajstić information content (AvgIpc) is 2.99. The van der Waals surface area contributed by atoms with Crippen molar-refractivity contribution >= 4 is 5.69 Å². The van der Waals surface area contributed by atoms with Crippen molar-refractivity contribution in [2.75, 3.05) is 0 Å². The number of phenols is 2. The predicted octanol–water partition coefficient (Wildman–Crippen LogP) is 1.36. The van der Waals surface area contributed by atoms with Crippen LogP contribution in [-0.2, 0) is 0 Å². The fraction of sp³-hybridized carbons (Fsp3) is 0. The minimum Gasteiger partial charge on any atom is -0.618 e. The number of phenolic OH excluding ortho intramolecular Hbond substituents is 2. The lowest BCUT2D eigenvalue weighted by Crippen LogP contribution is -2.28. The summed E-state index contributed by atoms with van der Waals surface area (Å²) in [4.78, 5) is 14.0. The van der Waals surface area contributed by atoms with E-state index in [-0.39, 0.29) is 23.0 Å². The van der Waals surface area contributed by atoms with Crippen LogP contribution in [0.1, 0.15) is 0 Å². The molecular weight excluding hydrogens is 308 g/mol. The van der Waals surface area contributed by atoms with Gasteiger partial charge >= 0.3 is 5.69 Å². The van der Waals surface area contributed by atoms with Gasteiger partial charge in [-0.2, -0.15) is 9.71 Å². The van der Waals surface area contributed by atoms with Crippen molar-refractivity contribution in [1.29, 1.82) is 0 Å². The maximum atomic E-state index is 11.6. The van der Waals surface area contributed by atoms with E-state index in [9.17, 15) is 25.5 Å². The monoisotopic (exact) mass is 316 g/mol. The number of nitro benzene ring substituents is 1. The lowest BCUT2D eigenvalue weighted by atomic mass is 10.1. The number of nitrogens with zero attached hydrogens (tertiary/aromatic N) is 4. The number of nitro groups is 1. The first-order valence-electron chi connectivity index (χ1n) is 6.20. The van der Waals surface area contributed by atoms with Gasteiger partial charge in [0.15, 0.2) is 11.9 Å². The van der Waals surface area contributed by atoms with E-state index in [0.29, 0.717) is 4.73 Å². The van der Waals surface area contributed by atoms with Crippen LogP contribution in [0.25, 0.3) is 23.0 Å². The SMILES string of the molecule is O=[N+]([O-])c1cc(-c2nc(-c3cccc[n+]3[O-])no2)cc(O)c1O. The predicted molar refractivity (Wildman–Crippen MR) is 74.1 cm³/mol. The van der Waals surface area contributed by atoms with Crippen LogP contribution >= 0.6 is 0 Å². The summed E-state index contributed by atoms with van der Waals surface area (Å²) in [5.41, 5.74) is -0.558. The number of aromatic nitrogens is 3. The van der Waals surface area contributed by atoms with Crippen molar-refractivity contribution in [3.8, 4) is 34.5 Å². The number of aromatic hydroxyl groups is 2. The summed E-state index contributed by atoms with van der Waals surface area (Å²) >= 11 is 0. The van der Waals surface area contributed by atoms with E-state index in [4.69, 9.17) is 4.52 Å². The van der Waals surface area contributed by atoms with Gasteiger partial charge in [-0.15, -0.1) is 0 Å². The third-order valence-corrected chi connectivity index (χ3v) is 2.99. The summed E-state index contributed by atoms with van der Waals surface area (Å²) in [5.74, 6) is -1.74. The molecule has 0 saturated heterocycles. The van der Waals surface area contributed by atoms with E-state index in [2.05, 4.69) is 10.1 Å². The molecule has 1 aromatic carbocycles. The van der Waals surface area contributed by atoms with Gasteiger partial charge in [0.1, 0.15) is 0 Å². The highest BCUT2D eigenvalue weighted by atomic mass is 16.6. The molecule has 3 rings (SSSR count). The molecule has 0 spiro atoms. The van der Waals surface area contributed by atoms with Gasteiger partial charge in [0, 0.05) is 18.2 Å². The van der Waals surface area contributed by atoms with Gasteiger partial charge in [0.25, 0.3) is 17.4 Å². The van der Waals surface area contributed by atoms with Gasteiger partial charge in [0.2, 0.25) is 5.75 Å². The average molecular weight is 316 g/mol. The number of hydrogen-bond donors (Lipinski definition) is 2. The van der Waals surface area contributed by atoms with Crippen LogP contribution in [0.4, 0.5) is 5.69 Å². The van der Waals surface area contributed by atoms with Gasteiger partial charge in [-0.1, -0.05) is 0 Å². The highest BCUT2D eigenvalue weighted by molar-refractivity contribution is 5.68. The lowest BCUT2D eigenvalue weighted by molar-refractivity contribution is -0.594. The summed E-state index contributed by atoms with van der Waals surface area (Å²) in [6.07, 6.45) is 1.25. The van der Waals surface area contributed by atoms with Crippen LogP contribution in [0.3, 0.4) is 0 Å². The Morgan fingerprint density at radius 2 is 2.04 bits per heavy atom. The fourth-order valence-electron chi connectivity index (χ4n) is 1.91. The van der Waals surface area contributed by atoms with Crippen LogP contribution in [-0.4, -0.2) is 25.3 Å². The van der Waals surface area contributed by atoms with Crippen LogP contribution in [0, 0.1) is 15.3 Å². The molecule has 2 heterocycles. The van der Waals surface area contributed by atoms with Crippen molar-refractivity contribution in [2.45, 2.75) is 0 Å². The molecule has 0 fully saturated rings. The number of hydrogen-bond acceptors (Lipinski definition) is 8. The third-order valence-electron chi connectivity index (χ3n) is 2.99. The molecule has 0 radical (unpaired) electrons. The second-order valence-corrected chi connectivity index (χ2v) is 4.46. The molecule has 2 N–H and O–H groups in total. The number of benzene rings is 1. The molecule has 10 nitrogen and oxygen atoms in total. The molecule has 3 aromatic rings. The zero-order valence-electron chi connectivity index (χ0n) is 11.3. The van der Waals surface area contributed by atoms with E-state index in [1.54, 1.807) is 6.07 Å². The normalized spacial score (nSPS) is 10.6. The molecule has 116 valence electrons. The second-order valence-electron chi connectivity index (χ2n) is 4.46. The van der Waals surface area contributed by atoms with Gasteiger partial charge < -0.3 is 19.9 Å². The Hall–Kier alpha value is -3.69. The smallest absolute Gasteiger partial charge is 0.315 e. The first kappa shape index (κ1) is 14.3. The molecule has 0 unspecified atom stereocenters. The number of pyridine rings is 1. The maximum absolute atomic E-state index is 11.6. The zero-order chi connectivity index (χ0) is 16.6. The van der Waals surface area contributed by atoms with Gasteiger partial charge in [0.05, 0.1) is 10.5 Å². The maximum Gasteiger partial charge on any atom is 0.315 e. The Bertz CT molecular complexity index is 907. The summed E-state index contributed by atoms with van der Waals surface area (Å²) in [6.45, 7) is 0. The molecule has 0 aliphatic rings. The van der Waals surface area contributed by atoms with Crippen molar-refractivity contribution in [1.82, 2.24) is 10.1 Å². The molecule has 0 aliphatic heterocycles. The highest BCUT2D eigenvalue weighted by Crippen LogP contribution is 2.39. The standard InChI is InChI=1S/C13H8N4O6/c18-10-6-7(5-9(11(10)19)17(21)22)13-14-12(15-23-13)8-3-1-2-4-16(8)20/h1-6,18-19H. The van der Waals surface area contributed by atoms with E-state index in [1.165, 1.54) is 18.3 Å². The van der Waals surface area contributed by atoms with Gasteiger partial charge in [-0.05, 0) is 17.3 Å². The highest BCUT2D eigenvalue weighted by Gasteiger charge is 2.23. The van der Waals surface area contributed by atoms with Crippen molar-refractivity contribution in [2.24, 2.45) is 0 Å². The quantitative estimate of drug-likeness (QED) is 0.242. The van der Waals surface area contributed by atoms with Crippen LogP contribution in [0.5, 0.6) is 11.5 Å². The van der Waals surface area contributed by atoms with Crippen molar-refractivity contribution < 1.29 is 24.4 Å².